The largest absolute Gasteiger partial charge is 0.325 e. The van der Waals surface area contributed by atoms with Gasteiger partial charge in [-0.05, 0) is 44.5 Å². The first-order chi connectivity index (χ1) is 12.4. The second kappa shape index (κ2) is 7.57. The standard InChI is InChI=1S/C18H19N5O2S/c1-11-7-8-14(12(2)10-11)19-17(25)20-16(24)13(3)26-18-22-21-15-6-4-5-9-23(15)18/h4-10,13H,1-3H3,(H2,19,20,24,25). The number of benzene rings is 1. The van der Waals surface area contributed by atoms with E-state index >= 15 is 0 Å². The number of hydrogen-bond acceptors (Lipinski definition) is 5. The van der Waals surface area contributed by atoms with E-state index in [0.717, 1.165) is 11.1 Å². The Balaban J connectivity index is 1.61. The smallest absolute Gasteiger partial charge is 0.307 e. The first-order valence-corrected chi connectivity index (χ1v) is 8.97. The van der Waals surface area contributed by atoms with E-state index in [9.17, 15) is 9.59 Å². The number of imide groups is 1. The number of rotatable bonds is 4. The molecule has 3 amide bonds. The van der Waals surface area contributed by atoms with Crippen LogP contribution in [-0.2, 0) is 4.79 Å². The molecule has 1 atom stereocenters. The van der Waals surface area contributed by atoms with Gasteiger partial charge in [0.1, 0.15) is 0 Å². The fraction of sp³-hybridized carbons (Fsp3) is 0.222. The van der Waals surface area contributed by atoms with Crippen molar-refractivity contribution in [1.82, 2.24) is 19.9 Å². The molecule has 134 valence electrons. The maximum Gasteiger partial charge on any atom is 0.325 e. The Morgan fingerprint density at radius 1 is 1.15 bits per heavy atom. The zero-order valence-electron chi connectivity index (χ0n) is 14.7. The van der Waals surface area contributed by atoms with Gasteiger partial charge in [0.2, 0.25) is 5.91 Å². The molecular formula is C18H19N5O2S. The fourth-order valence-corrected chi connectivity index (χ4v) is 3.27. The van der Waals surface area contributed by atoms with Crippen molar-refractivity contribution in [3.63, 3.8) is 0 Å². The van der Waals surface area contributed by atoms with Crippen LogP contribution in [0.25, 0.3) is 5.65 Å². The summed E-state index contributed by atoms with van der Waals surface area (Å²) in [5.74, 6) is -0.398. The normalized spacial score (nSPS) is 12.0. The van der Waals surface area contributed by atoms with E-state index in [2.05, 4.69) is 20.8 Å². The van der Waals surface area contributed by atoms with Gasteiger partial charge in [-0.1, -0.05) is 35.5 Å². The molecule has 3 rings (SSSR count). The van der Waals surface area contributed by atoms with Crippen molar-refractivity contribution in [3.8, 4) is 0 Å². The summed E-state index contributed by atoms with van der Waals surface area (Å²) in [7, 11) is 0. The highest BCUT2D eigenvalue weighted by molar-refractivity contribution is 8.00. The second-order valence-corrected chi connectivity index (χ2v) is 7.24. The molecule has 7 nitrogen and oxygen atoms in total. The Kier molecular flexibility index (Phi) is 5.22. The minimum Gasteiger partial charge on any atom is -0.307 e. The van der Waals surface area contributed by atoms with Crippen LogP contribution in [0.3, 0.4) is 0 Å². The molecule has 3 aromatic rings. The summed E-state index contributed by atoms with van der Waals surface area (Å²) in [6.45, 7) is 5.60. The highest BCUT2D eigenvalue weighted by atomic mass is 32.2. The molecule has 2 heterocycles. The van der Waals surface area contributed by atoms with Crippen molar-refractivity contribution < 1.29 is 9.59 Å². The zero-order valence-corrected chi connectivity index (χ0v) is 15.5. The van der Waals surface area contributed by atoms with Gasteiger partial charge in [0.05, 0.1) is 5.25 Å². The summed E-state index contributed by atoms with van der Waals surface area (Å²) >= 11 is 1.24. The Hall–Kier alpha value is -2.87. The van der Waals surface area contributed by atoms with E-state index in [0.29, 0.717) is 16.5 Å². The number of urea groups is 1. The zero-order chi connectivity index (χ0) is 18.7. The molecule has 0 saturated carbocycles. The van der Waals surface area contributed by atoms with Gasteiger partial charge in [0, 0.05) is 11.9 Å². The Bertz CT molecular complexity index is 969. The maximum atomic E-state index is 12.3. The van der Waals surface area contributed by atoms with Gasteiger partial charge in [0.25, 0.3) is 0 Å². The summed E-state index contributed by atoms with van der Waals surface area (Å²) < 4.78 is 1.80. The summed E-state index contributed by atoms with van der Waals surface area (Å²) in [6, 6.07) is 10.7. The monoisotopic (exact) mass is 369 g/mol. The molecule has 2 N–H and O–H groups in total. The molecule has 8 heteroatoms. The molecule has 0 radical (unpaired) electrons. The Morgan fingerprint density at radius 2 is 1.96 bits per heavy atom. The van der Waals surface area contributed by atoms with Crippen LogP contribution < -0.4 is 10.6 Å². The van der Waals surface area contributed by atoms with Crippen molar-refractivity contribution >= 4 is 35.0 Å². The number of thioether (sulfide) groups is 1. The third-order valence-electron chi connectivity index (χ3n) is 3.80. The number of carbonyl (C=O) groups excluding carboxylic acids is 2. The van der Waals surface area contributed by atoms with Gasteiger partial charge in [-0.25, -0.2) is 4.79 Å². The number of aromatic nitrogens is 3. The number of nitrogens with zero attached hydrogens (tertiary/aromatic N) is 3. The Morgan fingerprint density at radius 3 is 2.73 bits per heavy atom. The topological polar surface area (TPSA) is 88.4 Å². The van der Waals surface area contributed by atoms with Gasteiger partial charge in [-0.3, -0.25) is 14.5 Å². The number of aryl methyl sites for hydroxylation is 2. The minimum atomic E-state index is -0.555. The summed E-state index contributed by atoms with van der Waals surface area (Å²) in [6.07, 6.45) is 1.83. The molecule has 0 aliphatic rings. The van der Waals surface area contributed by atoms with E-state index in [1.54, 1.807) is 11.3 Å². The highest BCUT2D eigenvalue weighted by Crippen LogP contribution is 2.22. The molecule has 0 bridgehead atoms. The van der Waals surface area contributed by atoms with Crippen molar-refractivity contribution in [2.45, 2.75) is 31.2 Å². The van der Waals surface area contributed by atoms with Crippen molar-refractivity contribution in [3.05, 3.63) is 53.7 Å². The van der Waals surface area contributed by atoms with Crippen molar-refractivity contribution in [2.75, 3.05) is 5.32 Å². The molecule has 1 unspecified atom stereocenters. The first-order valence-electron chi connectivity index (χ1n) is 8.09. The lowest BCUT2D eigenvalue weighted by atomic mass is 10.1. The predicted molar refractivity (Wildman–Crippen MR) is 101 cm³/mol. The van der Waals surface area contributed by atoms with Crippen LogP contribution in [0.15, 0.2) is 47.8 Å². The van der Waals surface area contributed by atoms with E-state index < -0.39 is 17.2 Å². The number of nitrogens with one attached hydrogen (secondary N) is 2. The average molecular weight is 369 g/mol. The van der Waals surface area contributed by atoms with E-state index in [1.165, 1.54) is 11.8 Å². The van der Waals surface area contributed by atoms with Gasteiger partial charge < -0.3 is 5.32 Å². The quantitative estimate of drug-likeness (QED) is 0.690. The van der Waals surface area contributed by atoms with Gasteiger partial charge in [0.15, 0.2) is 10.8 Å². The molecular weight excluding hydrogens is 350 g/mol. The van der Waals surface area contributed by atoms with Crippen LogP contribution in [0.2, 0.25) is 0 Å². The summed E-state index contributed by atoms with van der Waals surface area (Å²) in [5.41, 5.74) is 3.42. The Labute approximate surface area is 155 Å². The molecule has 26 heavy (non-hydrogen) atoms. The van der Waals surface area contributed by atoms with Gasteiger partial charge in [-0.2, -0.15) is 0 Å². The molecule has 0 saturated heterocycles. The highest BCUT2D eigenvalue weighted by Gasteiger charge is 2.20. The van der Waals surface area contributed by atoms with Crippen LogP contribution in [-0.4, -0.2) is 31.8 Å². The first kappa shape index (κ1) is 17.9. The van der Waals surface area contributed by atoms with Gasteiger partial charge in [-0.15, -0.1) is 10.2 Å². The lowest BCUT2D eigenvalue weighted by Crippen LogP contribution is -2.39. The molecule has 1 aromatic carbocycles. The number of anilines is 1. The fourth-order valence-electron chi connectivity index (χ4n) is 2.43. The predicted octanol–water partition coefficient (Wildman–Crippen LogP) is 3.18. The molecule has 0 fully saturated rings. The summed E-state index contributed by atoms with van der Waals surface area (Å²) in [4.78, 5) is 24.4. The van der Waals surface area contributed by atoms with E-state index in [1.807, 2.05) is 56.4 Å². The van der Waals surface area contributed by atoms with Crippen LogP contribution >= 0.6 is 11.8 Å². The molecule has 2 aromatic heterocycles. The van der Waals surface area contributed by atoms with Crippen LogP contribution in [0.4, 0.5) is 10.5 Å². The molecule has 0 aliphatic carbocycles. The molecule has 0 spiro atoms. The van der Waals surface area contributed by atoms with Crippen LogP contribution in [0.1, 0.15) is 18.1 Å². The number of hydrogen-bond donors (Lipinski definition) is 2. The van der Waals surface area contributed by atoms with E-state index in [-0.39, 0.29) is 0 Å². The average Bonchev–Trinajstić information content (AvgIpc) is 3.00. The van der Waals surface area contributed by atoms with Crippen LogP contribution in [0, 0.1) is 13.8 Å². The SMILES string of the molecule is Cc1ccc(NC(=O)NC(=O)C(C)Sc2nnc3ccccn23)c(C)c1. The number of fused-ring (bicyclic) bond motifs is 1. The summed E-state index contributed by atoms with van der Waals surface area (Å²) in [5, 5.41) is 13.3. The number of pyridine rings is 1. The van der Waals surface area contributed by atoms with Crippen LogP contribution in [0.5, 0.6) is 0 Å². The maximum absolute atomic E-state index is 12.3. The minimum absolute atomic E-state index is 0.398. The lowest BCUT2D eigenvalue weighted by molar-refractivity contribution is -0.119. The number of carbonyl (C=O) groups is 2. The third-order valence-corrected chi connectivity index (χ3v) is 4.86. The van der Waals surface area contributed by atoms with Crippen molar-refractivity contribution in [1.29, 1.82) is 0 Å². The lowest BCUT2D eigenvalue weighted by Gasteiger charge is -2.12. The van der Waals surface area contributed by atoms with Crippen molar-refractivity contribution in [2.24, 2.45) is 0 Å². The van der Waals surface area contributed by atoms with Gasteiger partial charge >= 0.3 is 6.03 Å². The second-order valence-electron chi connectivity index (χ2n) is 5.93. The third kappa shape index (κ3) is 4.02. The molecule has 0 aliphatic heterocycles. The van der Waals surface area contributed by atoms with E-state index in [4.69, 9.17) is 0 Å². The number of amides is 3.